The summed E-state index contributed by atoms with van der Waals surface area (Å²) in [6.07, 6.45) is 0.996. The monoisotopic (exact) mass is 314 g/mol. The predicted molar refractivity (Wildman–Crippen MR) is 85.6 cm³/mol. The third-order valence-electron chi connectivity index (χ3n) is 3.64. The van der Waals surface area contributed by atoms with Gasteiger partial charge in [-0.15, -0.1) is 0 Å². The van der Waals surface area contributed by atoms with Gasteiger partial charge in [-0.05, 0) is 43.5 Å². The Morgan fingerprint density at radius 1 is 1.35 bits per heavy atom. The van der Waals surface area contributed by atoms with Gasteiger partial charge in [-0.2, -0.15) is 16.1 Å². The maximum atomic E-state index is 12.9. The first-order valence-electron chi connectivity index (χ1n) is 6.84. The zero-order chi connectivity index (χ0) is 14.9. The summed E-state index contributed by atoms with van der Waals surface area (Å²) in [5, 5.41) is 0.396. The number of hydrogen-bond acceptors (Lipinski definition) is 4. The van der Waals surface area contributed by atoms with E-state index >= 15 is 0 Å². The lowest BCUT2D eigenvalue weighted by Crippen LogP contribution is -2.42. The standard InChI is InChI=1S/C14H22N2O2S2/c1-4-13-9-16(5-6-19-13)20(17,18)14-10(2)7-12(15)8-11(14)3/h7-8,13H,4-6,9,15H2,1-3H3. The molecule has 0 amide bonds. The zero-order valence-electron chi connectivity index (χ0n) is 12.2. The summed E-state index contributed by atoms with van der Waals surface area (Å²) >= 11 is 1.86. The van der Waals surface area contributed by atoms with Crippen LogP contribution in [-0.4, -0.2) is 36.8 Å². The number of aryl methyl sites for hydroxylation is 2. The molecule has 1 fully saturated rings. The molecule has 0 aliphatic carbocycles. The Bertz CT molecular complexity index is 576. The number of nitrogens with zero attached hydrogens (tertiary/aromatic N) is 1. The zero-order valence-corrected chi connectivity index (χ0v) is 13.9. The van der Waals surface area contributed by atoms with Crippen LogP contribution in [0.1, 0.15) is 24.5 Å². The van der Waals surface area contributed by atoms with E-state index in [0.717, 1.165) is 23.3 Å². The van der Waals surface area contributed by atoms with Gasteiger partial charge in [0.15, 0.2) is 0 Å². The second-order valence-corrected chi connectivity index (χ2v) is 8.53. The van der Waals surface area contributed by atoms with Gasteiger partial charge >= 0.3 is 0 Å². The summed E-state index contributed by atoms with van der Waals surface area (Å²) in [5.74, 6) is 0.866. The van der Waals surface area contributed by atoms with Gasteiger partial charge < -0.3 is 5.73 Å². The number of hydrogen-bond donors (Lipinski definition) is 1. The van der Waals surface area contributed by atoms with Crippen molar-refractivity contribution in [2.24, 2.45) is 0 Å². The summed E-state index contributed by atoms with van der Waals surface area (Å²) < 4.78 is 27.4. The van der Waals surface area contributed by atoms with Crippen molar-refractivity contribution in [2.75, 3.05) is 24.6 Å². The van der Waals surface area contributed by atoms with Gasteiger partial charge in [0, 0.05) is 29.8 Å². The minimum Gasteiger partial charge on any atom is -0.399 e. The normalized spacial score (nSPS) is 21.1. The van der Waals surface area contributed by atoms with Gasteiger partial charge in [0.1, 0.15) is 0 Å². The van der Waals surface area contributed by atoms with Gasteiger partial charge in [-0.25, -0.2) is 8.42 Å². The molecule has 1 aromatic rings. The molecule has 1 saturated heterocycles. The quantitative estimate of drug-likeness (QED) is 0.870. The molecule has 6 heteroatoms. The number of anilines is 1. The fourth-order valence-corrected chi connectivity index (χ4v) is 5.97. The van der Waals surface area contributed by atoms with Crippen LogP contribution in [0.25, 0.3) is 0 Å². The van der Waals surface area contributed by atoms with E-state index in [4.69, 9.17) is 5.73 Å². The van der Waals surface area contributed by atoms with Crippen molar-refractivity contribution in [3.63, 3.8) is 0 Å². The molecule has 1 atom stereocenters. The van der Waals surface area contributed by atoms with E-state index in [-0.39, 0.29) is 0 Å². The lowest BCUT2D eigenvalue weighted by molar-refractivity contribution is 0.415. The highest BCUT2D eigenvalue weighted by Gasteiger charge is 2.32. The lowest BCUT2D eigenvalue weighted by Gasteiger charge is -2.32. The first-order valence-corrected chi connectivity index (χ1v) is 9.33. The van der Waals surface area contributed by atoms with Crippen molar-refractivity contribution in [1.82, 2.24) is 4.31 Å². The van der Waals surface area contributed by atoms with Crippen LogP contribution in [0.15, 0.2) is 17.0 Å². The van der Waals surface area contributed by atoms with Gasteiger partial charge in [0.2, 0.25) is 10.0 Å². The number of nitrogen functional groups attached to an aromatic ring is 1. The summed E-state index contributed by atoms with van der Waals surface area (Å²) in [6, 6.07) is 3.46. The Morgan fingerprint density at radius 2 is 1.95 bits per heavy atom. The molecule has 2 rings (SSSR count). The van der Waals surface area contributed by atoms with E-state index in [2.05, 4.69) is 6.92 Å². The molecule has 112 valence electrons. The summed E-state index contributed by atoms with van der Waals surface area (Å²) in [4.78, 5) is 0.424. The third kappa shape index (κ3) is 2.97. The average Bonchev–Trinajstić information content (AvgIpc) is 2.37. The number of benzene rings is 1. The maximum absolute atomic E-state index is 12.9. The SMILES string of the molecule is CCC1CN(S(=O)(=O)c2c(C)cc(N)cc2C)CCS1. The van der Waals surface area contributed by atoms with Crippen molar-refractivity contribution < 1.29 is 8.42 Å². The fraction of sp³-hybridized carbons (Fsp3) is 0.571. The van der Waals surface area contributed by atoms with E-state index in [0.29, 0.717) is 28.9 Å². The minimum atomic E-state index is -3.42. The van der Waals surface area contributed by atoms with Crippen molar-refractivity contribution in [3.8, 4) is 0 Å². The van der Waals surface area contributed by atoms with Gasteiger partial charge in [0.05, 0.1) is 4.90 Å². The highest BCUT2D eigenvalue weighted by atomic mass is 32.2. The Balaban J connectivity index is 2.40. The van der Waals surface area contributed by atoms with Crippen LogP contribution < -0.4 is 5.73 Å². The Kier molecular flexibility index (Phi) is 4.66. The smallest absolute Gasteiger partial charge is 0.243 e. The summed E-state index contributed by atoms with van der Waals surface area (Å²) in [5.41, 5.74) is 7.85. The highest BCUT2D eigenvalue weighted by Crippen LogP contribution is 2.30. The molecule has 1 unspecified atom stereocenters. The number of rotatable bonds is 3. The Hall–Kier alpha value is -0.720. The average molecular weight is 314 g/mol. The molecule has 0 radical (unpaired) electrons. The lowest BCUT2D eigenvalue weighted by atomic mass is 10.1. The van der Waals surface area contributed by atoms with Crippen LogP contribution in [0.4, 0.5) is 5.69 Å². The molecular weight excluding hydrogens is 292 g/mol. The summed E-state index contributed by atoms with van der Waals surface area (Å²) in [7, 11) is -3.42. The van der Waals surface area contributed by atoms with Crippen LogP contribution in [0.5, 0.6) is 0 Å². The van der Waals surface area contributed by atoms with Crippen molar-refractivity contribution in [3.05, 3.63) is 23.3 Å². The van der Waals surface area contributed by atoms with E-state index in [1.807, 2.05) is 25.6 Å². The van der Waals surface area contributed by atoms with E-state index in [1.54, 1.807) is 16.4 Å². The van der Waals surface area contributed by atoms with Crippen molar-refractivity contribution in [2.45, 2.75) is 37.3 Å². The maximum Gasteiger partial charge on any atom is 0.243 e. The topological polar surface area (TPSA) is 63.4 Å². The van der Waals surface area contributed by atoms with Gasteiger partial charge in [0.25, 0.3) is 0 Å². The molecule has 0 saturated carbocycles. The first kappa shape index (κ1) is 15.7. The van der Waals surface area contributed by atoms with Crippen LogP contribution in [0, 0.1) is 13.8 Å². The Labute approximate surface area is 125 Å². The molecule has 1 heterocycles. The molecule has 0 aromatic heterocycles. The fourth-order valence-electron chi connectivity index (χ4n) is 2.68. The first-order chi connectivity index (χ1) is 9.36. The third-order valence-corrected chi connectivity index (χ3v) is 7.18. The summed E-state index contributed by atoms with van der Waals surface area (Å²) in [6.45, 7) is 6.92. The van der Waals surface area contributed by atoms with E-state index < -0.39 is 10.0 Å². The molecule has 0 bridgehead atoms. The Morgan fingerprint density at radius 3 is 2.50 bits per heavy atom. The van der Waals surface area contributed by atoms with Crippen LogP contribution in [-0.2, 0) is 10.0 Å². The van der Waals surface area contributed by atoms with Crippen LogP contribution in [0.3, 0.4) is 0 Å². The minimum absolute atomic E-state index is 0.396. The molecule has 4 nitrogen and oxygen atoms in total. The van der Waals surface area contributed by atoms with E-state index in [9.17, 15) is 8.42 Å². The molecule has 0 spiro atoms. The van der Waals surface area contributed by atoms with Gasteiger partial charge in [-0.1, -0.05) is 6.92 Å². The molecule has 2 N–H and O–H groups in total. The molecule has 20 heavy (non-hydrogen) atoms. The predicted octanol–water partition coefficient (Wildman–Crippen LogP) is 2.40. The number of sulfonamides is 1. The van der Waals surface area contributed by atoms with Gasteiger partial charge in [-0.3, -0.25) is 0 Å². The second-order valence-electron chi connectivity index (χ2n) is 5.25. The number of thioether (sulfide) groups is 1. The van der Waals surface area contributed by atoms with Crippen LogP contribution in [0.2, 0.25) is 0 Å². The molecular formula is C14H22N2O2S2. The van der Waals surface area contributed by atoms with E-state index in [1.165, 1.54) is 0 Å². The molecule has 1 aromatic carbocycles. The number of nitrogens with two attached hydrogens (primary N) is 1. The molecule has 1 aliphatic rings. The second kappa shape index (κ2) is 5.95. The largest absolute Gasteiger partial charge is 0.399 e. The highest BCUT2D eigenvalue weighted by molar-refractivity contribution is 8.00. The molecule has 1 aliphatic heterocycles. The van der Waals surface area contributed by atoms with Crippen molar-refractivity contribution >= 4 is 27.5 Å². The van der Waals surface area contributed by atoms with Crippen molar-refractivity contribution in [1.29, 1.82) is 0 Å². The van der Waals surface area contributed by atoms with Crippen LogP contribution >= 0.6 is 11.8 Å².